The van der Waals surface area contributed by atoms with Crippen LogP contribution in [0, 0.1) is 5.82 Å². The van der Waals surface area contributed by atoms with Gasteiger partial charge in [0.1, 0.15) is 11.9 Å². The van der Waals surface area contributed by atoms with E-state index in [0.29, 0.717) is 16.2 Å². The lowest BCUT2D eigenvalue weighted by Crippen LogP contribution is -2.43. The summed E-state index contributed by atoms with van der Waals surface area (Å²) in [6.45, 7) is 1.35. The number of ketones is 1. The summed E-state index contributed by atoms with van der Waals surface area (Å²) in [5, 5.41) is 2.56. The summed E-state index contributed by atoms with van der Waals surface area (Å²) < 4.78 is 13.1. The van der Waals surface area contributed by atoms with Gasteiger partial charge in [-0.15, -0.1) is 11.8 Å². The molecule has 0 aliphatic carbocycles. The van der Waals surface area contributed by atoms with Crippen molar-refractivity contribution in [2.45, 2.75) is 17.9 Å². The van der Waals surface area contributed by atoms with Gasteiger partial charge in [0, 0.05) is 23.3 Å². The van der Waals surface area contributed by atoms with Crippen LogP contribution in [-0.4, -0.2) is 23.5 Å². The second-order valence-electron chi connectivity index (χ2n) is 3.80. The number of halogens is 1. The molecular weight excluding hydrogens is 243 g/mol. The van der Waals surface area contributed by atoms with Crippen molar-refractivity contribution < 1.29 is 14.0 Å². The van der Waals surface area contributed by atoms with Crippen LogP contribution in [0.4, 0.5) is 10.1 Å². The highest BCUT2D eigenvalue weighted by atomic mass is 32.2. The zero-order chi connectivity index (χ0) is 12.6. The number of nitrogen functional groups attached to an aromatic ring is 1. The van der Waals surface area contributed by atoms with Gasteiger partial charge in [-0.1, -0.05) is 0 Å². The zero-order valence-electron chi connectivity index (χ0n) is 9.12. The third-order valence-electron chi connectivity index (χ3n) is 2.44. The molecule has 1 amide bonds. The second-order valence-corrected chi connectivity index (χ2v) is 4.86. The maximum atomic E-state index is 13.1. The number of Topliss-reactive ketones (excluding diaryl/α,β-unsaturated/α-hetero) is 1. The molecule has 0 aromatic heterocycles. The van der Waals surface area contributed by atoms with Crippen molar-refractivity contribution in [1.82, 2.24) is 5.32 Å². The summed E-state index contributed by atoms with van der Waals surface area (Å²) in [4.78, 5) is 23.5. The average molecular weight is 254 g/mol. The highest BCUT2D eigenvalue weighted by molar-refractivity contribution is 7.99. The molecule has 1 aromatic rings. The van der Waals surface area contributed by atoms with Crippen LogP contribution < -0.4 is 11.1 Å². The molecule has 0 saturated carbocycles. The van der Waals surface area contributed by atoms with Gasteiger partial charge in [-0.3, -0.25) is 9.59 Å². The van der Waals surface area contributed by atoms with E-state index in [1.54, 1.807) is 0 Å². The molecule has 0 spiro atoms. The number of amides is 1. The second kappa shape index (κ2) is 4.37. The van der Waals surface area contributed by atoms with Gasteiger partial charge < -0.3 is 11.1 Å². The van der Waals surface area contributed by atoms with Crippen LogP contribution in [0.5, 0.6) is 0 Å². The highest BCUT2D eigenvalue weighted by Gasteiger charge is 2.30. The number of carbonyl (C=O) groups is 2. The third kappa shape index (κ3) is 2.26. The van der Waals surface area contributed by atoms with Crippen molar-refractivity contribution in [2.24, 2.45) is 0 Å². The molecule has 1 aliphatic heterocycles. The third-order valence-corrected chi connectivity index (χ3v) is 3.58. The van der Waals surface area contributed by atoms with Gasteiger partial charge in [-0.2, -0.15) is 0 Å². The van der Waals surface area contributed by atoms with Crippen LogP contribution >= 0.6 is 11.8 Å². The van der Waals surface area contributed by atoms with Crippen molar-refractivity contribution in [2.75, 3.05) is 11.5 Å². The molecule has 1 aliphatic rings. The molecule has 0 radical (unpaired) electrons. The lowest BCUT2D eigenvalue weighted by molar-refractivity contribution is -0.119. The van der Waals surface area contributed by atoms with E-state index in [4.69, 9.17) is 5.73 Å². The molecule has 1 aromatic carbocycles. The zero-order valence-corrected chi connectivity index (χ0v) is 9.94. The van der Waals surface area contributed by atoms with E-state index in [1.165, 1.54) is 24.8 Å². The van der Waals surface area contributed by atoms with Gasteiger partial charge in [-0.05, 0) is 12.1 Å². The lowest BCUT2D eigenvalue weighted by Gasteiger charge is -2.24. The van der Waals surface area contributed by atoms with Crippen molar-refractivity contribution in [3.63, 3.8) is 0 Å². The molecule has 0 saturated heterocycles. The Bertz CT molecular complexity index is 504. The minimum absolute atomic E-state index is 0.118. The fourth-order valence-corrected chi connectivity index (χ4v) is 2.89. The molecule has 1 atom stereocenters. The predicted molar refractivity (Wildman–Crippen MR) is 63.5 cm³/mol. The van der Waals surface area contributed by atoms with E-state index in [9.17, 15) is 14.0 Å². The normalized spacial score (nSPS) is 18.7. The summed E-state index contributed by atoms with van der Waals surface area (Å²) in [6, 6.07) is 1.82. The first-order chi connectivity index (χ1) is 7.99. The number of benzene rings is 1. The number of anilines is 1. The standard InChI is InChI=1S/C11H11FN2O2S/c1-5(15)14-8-4-17-9-3-6(12)2-7(13)10(9)11(8)16/h2-3,8H,4,13H2,1H3,(H,14,15). The Labute approximate surface area is 102 Å². The van der Waals surface area contributed by atoms with E-state index >= 15 is 0 Å². The molecule has 0 bridgehead atoms. The van der Waals surface area contributed by atoms with Gasteiger partial charge in [0.2, 0.25) is 5.91 Å². The Morgan fingerprint density at radius 2 is 2.29 bits per heavy atom. The quantitative estimate of drug-likeness (QED) is 0.739. The minimum atomic E-state index is -0.585. The van der Waals surface area contributed by atoms with Crippen molar-refractivity contribution in [1.29, 1.82) is 0 Å². The number of rotatable bonds is 1. The number of hydrogen-bond donors (Lipinski definition) is 2. The summed E-state index contributed by atoms with van der Waals surface area (Å²) in [7, 11) is 0. The van der Waals surface area contributed by atoms with Crippen molar-refractivity contribution in [3.05, 3.63) is 23.5 Å². The van der Waals surface area contributed by atoms with E-state index in [2.05, 4.69) is 5.32 Å². The number of carbonyl (C=O) groups excluding carboxylic acids is 2. The molecule has 0 fully saturated rings. The summed E-state index contributed by atoms with van der Waals surface area (Å²) in [5.41, 5.74) is 6.06. The smallest absolute Gasteiger partial charge is 0.217 e. The topological polar surface area (TPSA) is 72.2 Å². The first-order valence-corrected chi connectivity index (χ1v) is 6.00. The number of hydrogen-bond acceptors (Lipinski definition) is 4. The van der Waals surface area contributed by atoms with E-state index in [0.717, 1.165) is 6.07 Å². The number of fused-ring (bicyclic) bond motifs is 1. The Balaban J connectivity index is 2.38. The fraction of sp³-hybridized carbons (Fsp3) is 0.273. The van der Waals surface area contributed by atoms with E-state index in [-0.39, 0.29) is 17.4 Å². The SMILES string of the molecule is CC(=O)NC1CSc2cc(F)cc(N)c2C1=O. The molecule has 17 heavy (non-hydrogen) atoms. The van der Waals surface area contributed by atoms with E-state index in [1.807, 2.05) is 0 Å². The first kappa shape index (κ1) is 11.9. The van der Waals surface area contributed by atoms with Crippen molar-refractivity contribution in [3.8, 4) is 0 Å². The fourth-order valence-electron chi connectivity index (χ4n) is 1.76. The number of nitrogens with one attached hydrogen (secondary N) is 1. The molecule has 1 unspecified atom stereocenters. The molecule has 3 N–H and O–H groups in total. The molecule has 2 rings (SSSR count). The molecular formula is C11H11FN2O2S. The van der Waals surface area contributed by atoms with Gasteiger partial charge in [0.25, 0.3) is 0 Å². The van der Waals surface area contributed by atoms with Crippen LogP contribution in [0.2, 0.25) is 0 Å². The Morgan fingerprint density at radius 1 is 1.59 bits per heavy atom. The Morgan fingerprint density at radius 3 is 2.94 bits per heavy atom. The Kier molecular flexibility index (Phi) is 3.06. The van der Waals surface area contributed by atoms with Gasteiger partial charge in [0.05, 0.1) is 5.56 Å². The summed E-state index contributed by atoms with van der Waals surface area (Å²) in [6.07, 6.45) is 0. The predicted octanol–water partition coefficient (Wildman–Crippen LogP) is 1.20. The molecule has 90 valence electrons. The number of thioether (sulfide) groups is 1. The largest absolute Gasteiger partial charge is 0.398 e. The first-order valence-electron chi connectivity index (χ1n) is 5.02. The van der Waals surface area contributed by atoms with Crippen LogP contribution in [-0.2, 0) is 4.79 Å². The molecule has 4 nitrogen and oxygen atoms in total. The summed E-state index contributed by atoms with van der Waals surface area (Å²) in [5.74, 6) is -0.590. The Hall–Kier alpha value is -1.56. The summed E-state index contributed by atoms with van der Waals surface area (Å²) >= 11 is 1.32. The minimum Gasteiger partial charge on any atom is -0.398 e. The lowest BCUT2D eigenvalue weighted by atomic mass is 10.0. The van der Waals surface area contributed by atoms with E-state index < -0.39 is 11.9 Å². The van der Waals surface area contributed by atoms with Gasteiger partial charge in [-0.25, -0.2) is 4.39 Å². The maximum absolute atomic E-state index is 13.1. The van der Waals surface area contributed by atoms with Crippen LogP contribution in [0.3, 0.4) is 0 Å². The molecule has 6 heteroatoms. The van der Waals surface area contributed by atoms with Gasteiger partial charge in [0.15, 0.2) is 5.78 Å². The van der Waals surface area contributed by atoms with Gasteiger partial charge >= 0.3 is 0 Å². The van der Waals surface area contributed by atoms with Crippen LogP contribution in [0.1, 0.15) is 17.3 Å². The monoisotopic (exact) mass is 254 g/mol. The number of nitrogens with two attached hydrogens (primary N) is 1. The van der Waals surface area contributed by atoms with Crippen LogP contribution in [0.15, 0.2) is 17.0 Å². The van der Waals surface area contributed by atoms with Crippen LogP contribution in [0.25, 0.3) is 0 Å². The van der Waals surface area contributed by atoms with Crippen molar-refractivity contribution >= 4 is 29.1 Å². The highest BCUT2D eigenvalue weighted by Crippen LogP contribution is 2.34. The maximum Gasteiger partial charge on any atom is 0.217 e. The molecule has 1 heterocycles. The average Bonchev–Trinajstić information content (AvgIpc) is 2.20.